The smallest absolute Gasteiger partial charge is 0.230 e. The molecule has 7 heteroatoms. The lowest BCUT2D eigenvalue weighted by Crippen LogP contribution is -2.45. The Morgan fingerprint density at radius 3 is 2.79 bits per heavy atom. The zero-order valence-corrected chi connectivity index (χ0v) is 18.0. The van der Waals surface area contributed by atoms with Gasteiger partial charge in [0.05, 0.1) is 11.4 Å². The fourth-order valence-electron chi connectivity index (χ4n) is 3.34. The molecule has 1 fully saturated rings. The fraction of sp³-hybridized carbons (Fsp3) is 0.524. The van der Waals surface area contributed by atoms with Crippen molar-refractivity contribution in [1.29, 1.82) is 0 Å². The van der Waals surface area contributed by atoms with E-state index in [9.17, 15) is 4.79 Å². The second kappa shape index (κ2) is 10.1. The number of likely N-dealkylation sites (N-methyl/N-ethyl adjacent to an activating group) is 1. The Hall–Kier alpha value is -1.83. The molecule has 0 spiro atoms. The molecule has 2 heterocycles. The van der Waals surface area contributed by atoms with E-state index in [4.69, 9.17) is 0 Å². The van der Waals surface area contributed by atoms with Gasteiger partial charge in [0.15, 0.2) is 5.16 Å². The minimum atomic E-state index is 0.0684. The van der Waals surface area contributed by atoms with Gasteiger partial charge in [-0.15, -0.1) is 0 Å². The molecule has 1 amide bonds. The van der Waals surface area contributed by atoms with Crippen LogP contribution in [0.1, 0.15) is 17.5 Å². The number of piperazine rings is 1. The predicted octanol–water partition coefficient (Wildman–Crippen LogP) is 2.33. The Kier molecular flexibility index (Phi) is 7.53. The zero-order valence-electron chi connectivity index (χ0n) is 17.1. The lowest BCUT2D eigenvalue weighted by Gasteiger charge is -2.32. The van der Waals surface area contributed by atoms with Crippen molar-refractivity contribution in [2.24, 2.45) is 0 Å². The number of rotatable bonds is 8. The molecule has 1 aliphatic rings. The van der Waals surface area contributed by atoms with Crippen molar-refractivity contribution in [3.05, 3.63) is 41.7 Å². The minimum Gasteiger partial charge on any atom is -0.355 e. The second-order valence-corrected chi connectivity index (χ2v) is 8.45. The molecule has 1 aromatic carbocycles. The molecule has 6 nitrogen and oxygen atoms in total. The molecule has 1 saturated heterocycles. The van der Waals surface area contributed by atoms with E-state index in [0.29, 0.717) is 5.75 Å². The molecule has 1 aromatic heterocycles. The third kappa shape index (κ3) is 5.83. The Morgan fingerprint density at radius 1 is 1.21 bits per heavy atom. The average molecular weight is 402 g/mol. The Morgan fingerprint density at radius 2 is 2.00 bits per heavy atom. The number of benzene rings is 1. The summed E-state index contributed by atoms with van der Waals surface area (Å²) in [5.41, 5.74) is 3.52. The summed E-state index contributed by atoms with van der Waals surface area (Å²) in [7, 11) is 2.17. The molecule has 2 aromatic rings. The van der Waals surface area contributed by atoms with Gasteiger partial charge in [0.1, 0.15) is 0 Å². The normalized spacial score (nSPS) is 15.7. The molecular formula is C21H31N5OS. The average Bonchev–Trinajstić information content (AvgIpc) is 3.15. The molecule has 0 atom stereocenters. The number of aryl methyl sites for hydroxylation is 2. The zero-order chi connectivity index (χ0) is 19.9. The molecule has 0 aliphatic carbocycles. The highest BCUT2D eigenvalue weighted by molar-refractivity contribution is 7.99. The largest absolute Gasteiger partial charge is 0.355 e. The van der Waals surface area contributed by atoms with Gasteiger partial charge in [-0.1, -0.05) is 23.9 Å². The van der Waals surface area contributed by atoms with Crippen LogP contribution in [0.5, 0.6) is 0 Å². The molecule has 1 aliphatic heterocycles. The molecule has 0 unspecified atom stereocenters. The summed E-state index contributed by atoms with van der Waals surface area (Å²) in [5.74, 6) is 0.454. The Balaban J connectivity index is 1.42. The van der Waals surface area contributed by atoms with E-state index in [2.05, 4.69) is 63.8 Å². The van der Waals surface area contributed by atoms with Crippen LogP contribution in [0.2, 0.25) is 0 Å². The third-order valence-corrected chi connectivity index (χ3v) is 6.10. The van der Waals surface area contributed by atoms with Crippen LogP contribution in [0, 0.1) is 13.8 Å². The van der Waals surface area contributed by atoms with Gasteiger partial charge in [-0.3, -0.25) is 9.36 Å². The van der Waals surface area contributed by atoms with Gasteiger partial charge in [-0.25, -0.2) is 4.98 Å². The summed E-state index contributed by atoms with van der Waals surface area (Å²) in [6.07, 6.45) is 4.74. The monoisotopic (exact) mass is 401 g/mol. The lowest BCUT2D eigenvalue weighted by molar-refractivity contribution is -0.118. The first-order valence-corrected chi connectivity index (χ1v) is 10.9. The van der Waals surface area contributed by atoms with Gasteiger partial charge in [0.2, 0.25) is 5.91 Å². The first-order chi connectivity index (χ1) is 13.5. The standard InChI is InChI=1S/C21H31N5OS/c1-17-5-6-18(2)19(15-17)26-10-8-23-21(26)28-16-20(27)22-7-4-9-25-13-11-24(3)12-14-25/h5-6,8,10,15H,4,7,9,11-14,16H2,1-3H3,(H,22,27). The van der Waals surface area contributed by atoms with Crippen molar-refractivity contribution in [3.63, 3.8) is 0 Å². The SMILES string of the molecule is Cc1ccc(C)c(-n2ccnc2SCC(=O)NCCCN2CCN(C)CC2)c1. The number of imidazole rings is 1. The molecule has 0 bridgehead atoms. The van der Waals surface area contributed by atoms with Crippen LogP contribution in [0.3, 0.4) is 0 Å². The maximum Gasteiger partial charge on any atom is 0.230 e. The summed E-state index contributed by atoms with van der Waals surface area (Å²) in [4.78, 5) is 21.5. The number of thioether (sulfide) groups is 1. The van der Waals surface area contributed by atoms with Gasteiger partial charge in [0, 0.05) is 45.1 Å². The van der Waals surface area contributed by atoms with Crippen LogP contribution in [0.15, 0.2) is 35.7 Å². The fourth-order valence-corrected chi connectivity index (χ4v) is 4.14. The molecule has 1 N–H and O–H groups in total. The number of hydrogen-bond donors (Lipinski definition) is 1. The van der Waals surface area contributed by atoms with Crippen molar-refractivity contribution >= 4 is 17.7 Å². The van der Waals surface area contributed by atoms with Crippen LogP contribution < -0.4 is 5.32 Å². The predicted molar refractivity (Wildman–Crippen MR) is 115 cm³/mol. The van der Waals surface area contributed by atoms with Crippen LogP contribution in [-0.2, 0) is 4.79 Å². The summed E-state index contributed by atoms with van der Waals surface area (Å²) >= 11 is 1.48. The molecule has 0 saturated carbocycles. The molecule has 152 valence electrons. The maximum atomic E-state index is 12.2. The van der Waals surface area contributed by atoms with E-state index < -0.39 is 0 Å². The van der Waals surface area contributed by atoms with Gasteiger partial charge >= 0.3 is 0 Å². The summed E-state index contributed by atoms with van der Waals surface area (Å²) in [6.45, 7) is 10.5. The van der Waals surface area contributed by atoms with Crippen LogP contribution in [-0.4, -0.2) is 77.3 Å². The highest BCUT2D eigenvalue weighted by Gasteiger charge is 2.13. The molecular weight excluding hydrogens is 370 g/mol. The van der Waals surface area contributed by atoms with E-state index in [1.165, 1.54) is 22.9 Å². The summed E-state index contributed by atoms with van der Waals surface area (Å²) < 4.78 is 2.06. The summed E-state index contributed by atoms with van der Waals surface area (Å²) in [5, 5.41) is 3.89. The third-order valence-electron chi connectivity index (χ3n) is 5.13. The Labute approximate surface area is 172 Å². The van der Waals surface area contributed by atoms with E-state index in [0.717, 1.165) is 56.5 Å². The van der Waals surface area contributed by atoms with Crippen molar-refractivity contribution in [2.45, 2.75) is 25.4 Å². The van der Waals surface area contributed by atoms with Crippen LogP contribution >= 0.6 is 11.8 Å². The van der Waals surface area contributed by atoms with Crippen LogP contribution in [0.25, 0.3) is 5.69 Å². The van der Waals surface area contributed by atoms with Crippen molar-refractivity contribution in [1.82, 2.24) is 24.7 Å². The summed E-state index contributed by atoms with van der Waals surface area (Å²) in [6, 6.07) is 6.38. The number of nitrogens with zero attached hydrogens (tertiary/aromatic N) is 4. The van der Waals surface area contributed by atoms with Gasteiger partial charge in [-0.2, -0.15) is 0 Å². The maximum absolute atomic E-state index is 12.2. The van der Waals surface area contributed by atoms with Gasteiger partial charge in [-0.05, 0) is 51.1 Å². The van der Waals surface area contributed by atoms with Crippen LogP contribution in [0.4, 0.5) is 0 Å². The van der Waals surface area contributed by atoms with E-state index >= 15 is 0 Å². The number of nitrogens with one attached hydrogen (secondary N) is 1. The van der Waals surface area contributed by atoms with E-state index in [1.54, 1.807) is 6.20 Å². The van der Waals surface area contributed by atoms with Gasteiger partial charge < -0.3 is 15.1 Å². The van der Waals surface area contributed by atoms with E-state index in [-0.39, 0.29) is 5.91 Å². The topological polar surface area (TPSA) is 53.4 Å². The quantitative estimate of drug-likeness (QED) is 0.544. The van der Waals surface area contributed by atoms with Crippen molar-refractivity contribution in [3.8, 4) is 5.69 Å². The minimum absolute atomic E-state index is 0.0684. The second-order valence-electron chi connectivity index (χ2n) is 7.51. The first kappa shape index (κ1) is 20.9. The van der Waals surface area contributed by atoms with Gasteiger partial charge in [0.25, 0.3) is 0 Å². The number of carbonyl (C=O) groups is 1. The number of aromatic nitrogens is 2. The number of amides is 1. The molecule has 3 rings (SSSR count). The van der Waals surface area contributed by atoms with Crippen molar-refractivity contribution in [2.75, 3.05) is 52.1 Å². The number of hydrogen-bond acceptors (Lipinski definition) is 5. The first-order valence-electron chi connectivity index (χ1n) is 9.94. The lowest BCUT2D eigenvalue weighted by atomic mass is 10.1. The molecule has 28 heavy (non-hydrogen) atoms. The highest BCUT2D eigenvalue weighted by atomic mass is 32.2. The van der Waals surface area contributed by atoms with E-state index in [1.807, 2.05) is 6.20 Å². The van der Waals surface area contributed by atoms with Crippen molar-refractivity contribution < 1.29 is 4.79 Å². The molecule has 0 radical (unpaired) electrons. The highest BCUT2D eigenvalue weighted by Crippen LogP contribution is 2.23. The Bertz CT molecular complexity index is 783. The number of carbonyl (C=O) groups excluding carboxylic acids is 1.